The van der Waals surface area contributed by atoms with E-state index in [1.807, 2.05) is 35.9 Å². The van der Waals surface area contributed by atoms with E-state index in [-0.39, 0.29) is 18.6 Å². The molecule has 0 saturated heterocycles. The number of hydrogen-bond donors (Lipinski definition) is 1. The lowest BCUT2D eigenvalue weighted by Gasteiger charge is -2.28. The average Bonchev–Trinajstić information content (AvgIpc) is 2.89. The van der Waals surface area contributed by atoms with E-state index >= 15 is 0 Å². The largest absolute Gasteiger partial charge is 0.368 e. The molecule has 124 valence electrons. The van der Waals surface area contributed by atoms with Crippen molar-refractivity contribution in [2.45, 2.75) is 45.3 Å². The highest BCUT2D eigenvalue weighted by molar-refractivity contribution is 5.78. The van der Waals surface area contributed by atoms with Gasteiger partial charge < -0.3 is 14.6 Å². The van der Waals surface area contributed by atoms with E-state index in [9.17, 15) is 4.79 Å². The van der Waals surface area contributed by atoms with Crippen LogP contribution in [0.25, 0.3) is 11.0 Å². The van der Waals surface area contributed by atoms with Gasteiger partial charge in [-0.25, -0.2) is 4.98 Å². The minimum atomic E-state index is -0.0742. The summed E-state index contributed by atoms with van der Waals surface area (Å²) >= 11 is 0. The van der Waals surface area contributed by atoms with Gasteiger partial charge in [0.1, 0.15) is 12.4 Å². The van der Waals surface area contributed by atoms with Gasteiger partial charge in [-0.3, -0.25) is 4.79 Å². The molecule has 1 aliphatic rings. The summed E-state index contributed by atoms with van der Waals surface area (Å²) in [4.78, 5) is 16.6. The number of benzene rings is 1. The number of carbonyl (C=O) groups is 1. The Morgan fingerprint density at radius 1 is 1.35 bits per heavy atom. The van der Waals surface area contributed by atoms with Crippen LogP contribution in [0.4, 0.5) is 0 Å². The van der Waals surface area contributed by atoms with Crippen LogP contribution in [0.3, 0.4) is 0 Å². The number of para-hydroxylation sites is 2. The number of amides is 1. The van der Waals surface area contributed by atoms with Gasteiger partial charge in [0.05, 0.1) is 23.7 Å². The smallest absolute Gasteiger partial charge is 0.246 e. The van der Waals surface area contributed by atoms with Gasteiger partial charge in [0.2, 0.25) is 5.91 Å². The van der Waals surface area contributed by atoms with Gasteiger partial charge in [-0.15, -0.1) is 0 Å². The Morgan fingerprint density at radius 3 is 2.91 bits per heavy atom. The molecular weight excluding hydrogens is 290 g/mol. The predicted molar refractivity (Wildman–Crippen MR) is 89.9 cm³/mol. The first-order chi connectivity index (χ1) is 11.1. The Kier molecular flexibility index (Phi) is 4.96. The Morgan fingerprint density at radius 2 is 2.13 bits per heavy atom. The Bertz CT molecular complexity index is 680. The molecule has 2 atom stereocenters. The van der Waals surface area contributed by atoms with Crippen LogP contribution in [0.5, 0.6) is 0 Å². The van der Waals surface area contributed by atoms with E-state index < -0.39 is 0 Å². The van der Waals surface area contributed by atoms with Crippen molar-refractivity contribution in [1.29, 1.82) is 0 Å². The molecule has 1 saturated carbocycles. The Hall–Kier alpha value is -1.88. The van der Waals surface area contributed by atoms with Crippen LogP contribution < -0.4 is 5.32 Å². The third-order valence-electron chi connectivity index (χ3n) is 4.78. The maximum absolute atomic E-state index is 12.0. The second-order valence-corrected chi connectivity index (χ2v) is 6.46. The van der Waals surface area contributed by atoms with E-state index in [0.717, 1.165) is 23.3 Å². The number of nitrogens with one attached hydrogen (secondary N) is 1. The lowest BCUT2D eigenvalue weighted by molar-refractivity contribution is -0.129. The molecule has 3 rings (SSSR count). The number of carbonyl (C=O) groups excluding carboxylic acids is 1. The van der Waals surface area contributed by atoms with Crippen molar-refractivity contribution in [1.82, 2.24) is 14.9 Å². The molecule has 0 radical (unpaired) electrons. The molecule has 0 unspecified atom stereocenters. The zero-order valence-corrected chi connectivity index (χ0v) is 13.9. The fourth-order valence-electron chi connectivity index (χ4n) is 3.29. The molecule has 1 aromatic carbocycles. The number of aromatic nitrogens is 2. The van der Waals surface area contributed by atoms with Crippen molar-refractivity contribution in [2.24, 2.45) is 13.0 Å². The van der Waals surface area contributed by atoms with Crippen molar-refractivity contribution >= 4 is 16.9 Å². The molecule has 5 nitrogen and oxygen atoms in total. The monoisotopic (exact) mass is 315 g/mol. The second kappa shape index (κ2) is 7.13. The Labute approximate surface area is 137 Å². The van der Waals surface area contributed by atoms with Crippen LogP contribution in [0, 0.1) is 5.92 Å². The zero-order chi connectivity index (χ0) is 16.2. The van der Waals surface area contributed by atoms with E-state index in [4.69, 9.17) is 4.74 Å². The summed E-state index contributed by atoms with van der Waals surface area (Å²) in [6.45, 7) is 2.77. The van der Waals surface area contributed by atoms with Gasteiger partial charge in [0.15, 0.2) is 0 Å². The fourth-order valence-corrected chi connectivity index (χ4v) is 3.29. The maximum Gasteiger partial charge on any atom is 0.246 e. The lowest BCUT2D eigenvalue weighted by Crippen LogP contribution is -2.33. The summed E-state index contributed by atoms with van der Waals surface area (Å²) in [5, 5.41) is 2.91. The van der Waals surface area contributed by atoms with E-state index in [1.165, 1.54) is 19.3 Å². The normalized spacial score (nSPS) is 21.5. The van der Waals surface area contributed by atoms with Gasteiger partial charge in [-0.05, 0) is 30.9 Å². The van der Waals surface area contributed by atoms with Crippen LogP contribution in [0.1, 0.15) is 38.4 Å². The van der Waals surface area contributed by atoms with Crippen molar-refractivity contribution in [3.63, 3.8) is 0 Å². The van der Waals surface area contributed by atoms with Gasteiger partial charge >= 0.3 is 0 Å². The van der Waals surface area contributed by atoms with Crippen molar-refractivity contribution < 1.29 is 9.53 Å². The number of rotatable bonds is 5. The SMILES string of the molecule is C[C@H]1CCCC[C@H]1OCC(=O)NCc1nc2ccccc2n1C. The summed E-state index contributed by atoms with van der Waals surface area (Å²) < 4.78 is 7.81. The molecule has 0 aliphatic heterocycles. The maximum atomic E-state index is 12.0. The molecule has 1 aliphatic carbocycles. The topological polar surface area (TPSA) is 56.1 Å². The quantitative estimate of drug-likeness (QED) is 0.923. The molecule has 1 fully saturated rings. The first-order valence-electron chi connectivity index (χ1n) is 8.44. The highest BCUT2D eigenvalue weighted by Crippen LogP contribution is 2.26. The van der Waals surface area contributed by atoms with Crippen LogP contribution in [-0.4, -0.2) is 28.2 Å². The predicted octanol–water partition coefficient (Wildman–Crippen LogP) is 2.78. The van der Waals surface area contributed by atoms with Crippen LogP contribution in [0.15, 0.2) is 24.3 Å². The number of hydrogen-bond acceptors (Lipinski definition) is 3. The van der Waals surface area contributed by atoms with E-state index in [2.05, 4.69) is 17.2 Å². The summed E-state index contributed by atoms with van der Waals surface area (Å²) in [7, 11) is 1.97. The molecule has 2 aromatic rings. The lowest BCUT2D eigenvalue weighted by atomic mass is 9.88. The fraction of sp³-hybridized carbons (Fsp3) is 0.556. The number of fused-ring (bicyclic) bond motifs is 1. The number of aryl methyl sites for hydroxylation is 1. The molecule has 0 spiro atoms. The first kappa shape index (κ1) is 16.0. The second-order valence-electron chi connectivity index (χ2n) is 6.46. The number of nitrogens with zero attached hydrogens (tertiary/aromatic N) is 2. The van der Waals surface area contributed by atoms with Crippen LogP contribution >= 0.6 is 0 Å². The van der Waals surface area contributed by atoms with Gasteiger partial charge in [0, 0.05) is 7.05 Å². The number of ether oxygens (including phenoxy) is 1. The van der Waals surface area contributed by atoms with E-state index in [0.29, 0.717) is 12.5 Å². The average molecular weight is 315 g/mol. The summed E-state index contributed by atoms with van der Waals surface area (Å²) in [6, 6.07) is 7.97. The number of imidazole rings is 1. The minimum absolute atomic E-state index is 0.0742. The van der Waals surface area contributed by atoms with Crippen LogP contribution in [-0.2, 0) is 23.1 Å². The minimum Gasteiger partial charge on any atom is -0.368 e. The summed E-state index contributed by atoms with van der Waals surface area (Å²) in [5.74, 6) is 1.33. The molecule has 23 heavy (non-hydrogen) atoms. The molecule has 1 heterocycles. The molecule has 1 aromatic heterocycles. The summed E-state index contributed by atoms with van der Waals surface area (Å²) in [6.07, 6.45) is 4.98. The zero-order valence-electron chi connectivity index (χ0n) is 13.9. The molecule has 0 bridgehead atoms. The standard InChI is InChI=1S/C18H25N3O2/c1-13-7-3-6-10-16(13)23-12-18(22)19-11-17-20-14-8-4-5-9-15(14)21(17)2/h4-5,8-9,13,16H,3,6-7,10-12H2,1-2H3,(H,19,22)/t13-,16+/m0/s1. The Balaban J connectivity index is 1.51. The third-order valence-corrected chi connectivity index (χ3v) is 4.78. The van der Waals surface area contributed by atoms with Crippen molar-refractivity contribution in [3.8, 4) is 0 Å². The van der Waals surface area contributed by atoms with E-state index in [1.54, 1.807) is 0 Å². The highest BCUT2D eigenvalue weighted by atomic mass is 16.5. The van der Waals surface area contributed by atoms with Crippen molar-refractivity contribution in [3.05, 3.63) is 30.1 Å². The first-order valence-corrected chi connectivity index (χ1v) is 8.44. The molecular formula is C18H25N3O2. The molecule has 1 amide bonds. The third kappa shape index (κ3) is 3.72. The van der Waals surface area contributed by atoms with Gasteiger partial charge in [-0.1, -0.05) is 31.9 Å². The van der Waals surface area contributed by atoms with Crippen LogP contribution in [0.2, 0.25) is 0 Å². The van der Waals surface area contributed by atoms with Crippen molar-refractivity contribution in [2.75, 3.05) is 6.61 Å². The molecule has 1 N–H and O–H groups in total. The summed E-state index contributed by atoms with van der Waals surface area (Å²) in [5.41, 5.74) is 2.02. The highest BCUT2D eigenvalue weighted by Gasteiger charge is 2.22. The van der Waals surface area contributed by atoms with Gasteiger partial charge in [0.25, 0.3) is 0 Å². The molecule has 5 heteroatoms. The van der Waals surface area contributed by atoms with Gasteiger partial charge in [-0.2, -0.15) is 0 Å².